The van der Waals surface area contributed by atoms with Gasteiger partial charge >= 0.3 is 0 Å². The zero-order chi connectivity index (χ0) is 13.8. The Balaban J connectivity index is 1.97. The molecule has 2 aromatic rings. The molecule has 0 amide bonds. The Hall–Kier alpha value is -1.75. The zero-order valence-corrected chi connectivity index (χ0v) is 11.0. The Bertz CT molecular complexity index is 531. The van der Waals surface area contributed by atoms with Gasteiger partial charge in [-0.15, -0.1) is 0 Å². The van der Waals surface area contributed by atoms with Crippen LogP contribution in [0.4, 0.5) is 8.78 Å². The fourth-order valence-electron chi connectivity index (χ4n) is 1.87. The van der Waals surface area contributed by atoms with Gasteiger partial charge in [-0.05, 0) is 37.6 Å². The van der Waals surface area contributed by atoms with Gasteiger partial charge in [-0.1, -0.05) is 0 Å². The highest BCUT2D eigenvalue weighted by atomic mass is 19.1. The summed E-state index contributed by atoms with van der Waals surface area (Å²) in [5.41, 5.74) is 1.50. The Morgan fingerprint density at radius 1 is 1.26 bits per heavy atom. The fourth-order valence-corrected chi connectivity index (χ4v) is 1.87. The van der Waals surface area contributed by atoms with E-state index in [0.717, 1.165) is 18.3 Å². The van der Waals surface area contributed by atoms with E-state index >= 15 is 0 Å². The molecule has 0 aliphatic carbocycles. The largest absolute Gasteiger partial charge is 0.305 e. The molecule has 0 spiro atoms. The van der Waals surface area contributed by atoms with E-state index in [-0.39, 0.29) is 6.04 Å². The average Bonchev–Trinajstić information content (AvgIpc) is 2.83. The van der Waals surface area contributed by atoms with Crippen LogP contribution in [-0.2, 0) is 13.1 Å². The van der Waals surface area contributed by atoms with Crippen LogP contribution >= 0.6 is 0 Å². The normalized spacial score (nSPS) is 12.6. The molecule has 0 saturated heterocycles. The number of aryl methyl sites for hydroxylation is 1. The predicted molar refractivity (Wildman–Crippen MR) is 69.5 cm³/mol. The minimum Gasteiger partial charge on any atom is -0.305 e. The number of nitrogens with one attached hydrogen (secondary N) is 1. The van der Waals surface area contributed by atoms with Crippen LogP contribution in [0.2, 0.25) is 0 Å². The third kappa shape index (κ3) is 3.61. The van der Waals surface area contributed by atoms with E-state index in [2.05, 4.69) is 10.4 Å². The van der Waals surface area contributed by atoms with Gasteiger partial charge in [0.25, 0.3) is 0 Å². The highest BCUT2D eigenvalue weighted by Gasteiger charge is 2.09. The van der Waals surface area contributed by atoms with Gasteiger partial charge in [0.1, 0.15) is 11.6 Å². The Labute approximate surface area is 111 Å². The number of hydrogen-bond acceptors (Lipinski definition) is 2. The lowest BCUT2D eigenvalue weighted by atomic mass is 10.2. The maximum atomic E-state index is 13.0. The summed E-state index contributed by atoms with van der Waals surface area (Å²) in [5, 5.41) is 7.58. The van der Waals surface area contributed by atoms with Crippen LogP contribution in [0.5, 0.6) is 0 Å². The molecule has 1 aromatic heterocycles. The predicted octanol–water partition coefficient (Wildman–Crippen LogP) is 3.03. The molecule has 0 saturated carbocycles. The van der Waals surface area contributed by atoms with Crippen molar-refractivity contribution in [1.82, 2.24) is 15.1 Å². The number of hydrogen-bond donors (Lipinski definition) is 1. The van der Waals surface area contributed by atoms with E-state index in [1.165, 1.54) is 12.1 Å². The van der Waals surface area contributed by atoms with Crippen LogP contribution in [0.3, 0.4) is 0 Å². The van der Waals surface area contributed by atoms with Crippen molar-refractivity contribution in [3.63, 3.8) is 0 Å². The first-order valence-corrected chi connectivity index (χ1v) is 6.30. The van der Waals surface area contributed by atoms with Crippen molar-refractivity contribution in [3.8, 4) is 0 Å². The molecule has 3 nitrogen and oxygen atoms in total. The van der Waals surface area contributed by atoms with E-state index in [1.54, 1.807) is 0 Å². The summed E-state index contributed by atoms with van der Waals surface area (Å²) in [7, 11) is 0. The van der Waals surface area contributed by atoms with Crippen molar-refractivity contribution >= 4 is 0 Å². The van der Waals surface area contributed by atoms with Gasteiger partial charge in [-0.3, -0.25) is 4.68 Å². The van der Waals surface area contributed by atoms with Gasteiger partial charge in [0.15, 0.2) is 0 Å². The number of rotatable bonds is 5. The molecule has 102 valence electrons. The quantitative estimate of drug-likeness (QED) is 0.900. The van der Waals surface area contributed by atoms with Gasteiger partial charge < -0.3 is 5.32 Å². The highest BCUT2D eigenvalue weighted by molar-refractivity contribution is 5.18. The maximum Gasteiger partial charge on any atom is 0.126 e. The number of aromatic nitrogens is 2. The van der Waals surface area contributed by atoms with Crippen LogP contribution in [0.1, 0.15) is 31.1 Å². The highest BCUT2D eigenvalue weighted by Crippen LogP contribution is 2.12. The summed E-state index contributed by atoms with van der Waals surface area (Å²) >= 11 is 0. The monoisotopic (exact) mass is 265 g/mol. The number of nitrogens with zero attached hydrogens (tertiary/aromatic N) is 2. The Morgan fingerprint density at radius 3 is 2.53 bits per heavy atom. The lowest BCUT2D eigenvalue weighted by Crippen LogP contribution is -2.19. The topological polar surface area (TPSA) is 29.9 Å². The van der Waals surface area contributed by atoms with Crippen molar-refractivity contribution < 1.29 is 8.78 Å². The summed E-state index contributed by atoms with van der Waals surface area (Å²) in [5.74, 6) is -1.11. The molecule has 1 aromatic carbocycles. The SMILES string of the molecule is CCn1ccc(C(C)NCc2cc(F)cc(F)c2)n1. The van der Waals surface area contributed by atoms with Gasteiger partial charge in [0.2, 0.25) is 0 Å². The number of halogens is 2. The van der Waals surface area contributed by atoms with Crippen molar-refractivity contribution in [2.45, 2.75) is 33.0 Å². The van der Waals surface area contributed by atoms with Crippen molar-refractivity contribution in [2.24, 2.45) is 0 Å². The van der Waals surface area contributed by atoms with E-state index in [9.17, 15) is 8.78 Å². The third-order valence-corrected chi connectivity index (χ3v) is 2.96. The van der Waals surface area contributed by atoms with E-state index < -0.39 is 11.6 Å². The molecule has 1 unspecified atom stereocenters. The van der Waals surface area contributed by atoms with Crippen LogP contribution in [0.25, 0.3) is 0 Å². The summed E-state index contributed by atoms with van der Waals surface area (Å²) in [4.78, 5) is 0. The molecule has 0 aliphatic rings. The van der Waals surface area contributed by atoms with E-state index in [1.807, 2.05) is 30.8 Å². The molecule has 1 heterocycles. The lowest BCUT2D eigenvalue weighted by molar-refractivity contribution is 0.534. The molecule has 5 heteroatoms. The first-order chi connectivity index (χ1) is 9.08. The first-order valence-electron chi connectivity index (χ1n) is 6.30. The third-order valence-electron chi connectivity index (χ3n) is 2.96. The van der Waals surface area contributed by atoms with Gasteiger partial charge in [-0.25, -0.2) is 8.78 Å². The maximum absolute atomic E-state index is 13.0. The van der Waals surface area contributed by atoms with E-state index in [0.29, 0.717) is 12.1 Å². The Morgan fingerprint density at radius 2 is 1.95 bits per heavy atom. The van der Waals surface area contributed by atoms with Crippen molar-refractivity contribution in [1.29, 1.82) is 0 Å². The standard InChI is InChI=1S/C14H17F2N3/c1-3-19-5-4-14(18-19)10(2)17-9-11-6-12(15)8-13(16)7-11/h4-8,10,17H,3,9H2,1-2H3. The van der Waals surface area contributed by atoms with Gasteiger partial charge in [-0.2, -0.15) is 5.10 Å². The second-order valence-electron chi connectivity index (χ2n) is 4.48. The molecular weight excluding hydrogens is 248 g/mol. The molecule has 0 aliphatic heterocycles. The summed E-state index contributed by atoms with van der Waals surface area (Å²) in [6, 6.07) is 5.49. The van der Waals surface area contributed by atoms with Crippen LogP contribution in [0.15, 0.2) is 30.5 Å². The summed E-state index contributed by atoms with van der Waals surface area (Å²) < 4.78 is 27.9. The Kier molecular flexibility index (Phi) is 4.27. The average molecular weight is 265 g/mol. The lowest BCUT2D eigenvalue weighted by Gasteiger charge is -2.11. The minimum absolute atomic E-state index is 0.0270. The summed E-state index contributed by atoms with van der Waals surface area (Å²) in [6.07, 6.45) is 1.91. The molecule has 0 bridgehead atoms. The first kappa shape index (κ1) is 13.7. The van der Waals surface area contributed by atoms with Crippen molar-refractivity contribution in [2.75, 3.05) is 0 Å². The van der Waals surface area contributed by atoms with Gasteiger partial charge in [0.05, 0.1) is 5.69 Å². The second-order valence-corrected chi connectivity index (χ2v) is 4.48. The zero-order valence-electron chi connectivity index (χ0n) is 11.0. The fraction of sp³-hybridized carbons (Fsp3) is 0.357. The molecular formula is C14H17F2N3. The van der Waals surface area contributed by atoms with Crippen molar-refractivity contribution in [3.05, 3.63) is 53.4 Å². The van der Waals surface area contributed by atoms with Crippen LogP contribution < -0.4 is 5.32 Å². The summed E-state index contributed by atoms with van der Waals surface area (Å²) in [6.45, 7) is 5.21. The smallest absolute Gasteiger partial charge is 0.126 e. The molecule has 2 rings (SSSR count). The minimum atomic E-state index is -0.556. The molecule has 0 radical (unpaired) electrons. The molecule has 0 fully saturated rings. The van der Waals surface area contributed by atoms with E-state index in [4.69, 9.17) is 0 Å². The molecule has 19 heavy (non-hydrogen) atoms. The van der Waals surface area contributed by atoms with Crippen LogP contribution in [-0.4, -0.2) is 9.78 Å². The van der Waals surface area contributed by atoms with Gasteiger partial charge in [0, 0.05) is 31.4 Å². The molecule has 1 atom stereocenters. The molecule has 1 N–H and O–H groups in total. The number of benzene rings is 1. The van der Waals surface area contributed by atoms with Crippen LogP contribution in [0, 0.1) is 11.6 Å². The second kappa shape index (κ2) is 5.93.